The molecule has 1 aromatic heterocycles. The molecule has 1 aliphatic heterocycles. The zero-order valence-electron chi connectivity index (χ0n) is 16.8. The molecule has 3 rings (SSSR count). The van der Waals surface area contributed by atoms with Crippen LogP contribution in [0.2, 0.25) is 0 Å². The van der Waals surface area contributed by atoms with E-state index in [4.69, 9.17) is 9.84 Å². The number of benzene rings is 1. The highest BCUT2D eigenvalue weighted by Crippen LogP contribution is 2.34. The maximum Gasteiger partial charge on any atom is 0.306 e. The van der Waals surface area contributed by atoms with Gasteiger partial charge in [-0.3, -0.25) is 14.4 Å². The van der Waals surface area contributed by atoms with Crippen LogP contribution in [0.5, 0.6) is 0 Å². The van der Waals surface area contributed by atoms with Crippen molar-refractivity contribution in [2.75, 3.05) is 19.0 Å². The first kappa shape index (κ1) is 21.3. The van der Waals surface area contributed by atoms with E-state index in [1.807, 2.05) is 0 Å². The minimum atomic E-state index is -1.02. The van der Waals surface area contributed by atoms with E-state index >= 15 is 0 Å². The second-order valence-corrected chi connectivity index (χ2v) is 7.03. The predicted molar refractivity (Wildman–Crippen MR) is 109 cm³/mol. The number of carbonyl (C=O) groups excluding carboxylic acids is 2. The van der Waals surface area contributed by atoms with Crippen LogP contribution < -0.4 is 10.6 Å². The molecule has 0 fully saturated rings. The fourth-order valence-electron chi connectivity index (χ4n) is 3.44. The molecule has 1 unspecified atom stereocenters. The van der Waals surface area contributed by atoms with Crippen molar-refractivity contribution >= 4 is 35.1 Å². The van der Waals surface area contributed by atoms with Gasteiger partial charge >= 0.3 is 5.97 Å². The largest absolute Gasteiger partial charge is 0.481 e. The maximum absolute atomic E-state index is 13.6. The topological polar surface area (TPSA) is 121 Å². The number of H-pyrrole nitrogens is 1. The molecule has 0 radical (unpaired) electrons. The Bertz CT molecular complexity index is 1060. The van der Waals surface area contributed by atoms with Crippen LogP contribution in [0.4, 0.5) is 10.1 Å². The number of fused-ring (bicyclic) bond motifs is 1. The van der Waals surface area contributed by atoms with E-state index in [0.717, 1.165) is 0 Å². The zero-order chi connectivity index (χ0) is 22.0. The number of halogens is 1. The van der Waals surface area contributed by atoms with E-state index in [-0.39, 0.29) is 24.8 Å². The summed E-state index contributed by atoms with van der Waals surface area (Å²) in [5.74, 6) is -2.22. The summed E-state index contributed by atoms with van der Waals surface area (Å²) in [5.41, 5.74) is 3.41. The molecule has 0 saturated heterocycles. The zero-order valence-corrected chi connectivity index (χ0v) is 16.8. The predicted octanol–water partition coefficient (Wildman–Crippen LogP) is 2.48. The van der Waals surface area contributed by atoms with E-state index < -0.39 is 17.9 Å². The molecule has 2 amide bonds. The molecule has 4 N–H and O–H groups in total. The first-order chi connectivity index (χ1) is 14.2. The molecular weight excluding hydrogens is 393 g/mol. The number of carboxylic acid groups (broad SMARTS) is 1. The number of aryl methyl sites for hydroxylation is 1. The van der Waals surface area contributed by atoms with Crippen LogP contribution in [-0.2, 0) is 14.3 Å². The van der Waals surface area contributed by atoms with Crippen LogP contribution in [0.3, 0.4) is 0 Å². The summed E-state index contributed by atoms with van der Waals surface area (Å²) in [6.45, 7) is 3.49. The van der Waals surface area contributed by atoms with Gasteiger partial charge in [-0.25, -0.2) is 4.39 Å². The van der Waals surface area contributed by atoms with Crippen LogP contribution in [0.1, 0.15) is 39.3 Å². The number of anilines is 1. The van der Waals surface area contributed by atoms with Gasteiger partial charge in [-0.2, -0.15) is 0 Å². The van der Waals surface area contributed by atoms with Crippen molar-refractivity contribution in [2.24, 2.45) is 0 Å². The normalized spacial score (nSPS) is 15.1. The van der Waals surface area contributed by atoms with Gasteiger partial charge in [-0.15, -0.1) is 0 Å². The smallest absolute Gasteiger partial charge is 0.306 e. The molecule has 1 atom stereocenters. The van der Waals surface area contributed by atoms with Gasteiger partial charge in [-0.1, -0.05) is 0 Å². The minimum absolute atomic E-state index is 0.0389. The number of hydrogen-bond acceptors (Lipinski definition) is 4. The number of carboxylic acids is 1. The van der Waals surface area contributed by atoms with E-state index in [1.165, 1.54) is 25.3 Å². The second-order valence-electron chi connectivity index (χ2n) is 7.03. The Morgan fingerprint density at radius 2 is 2.07 bits per heavy atom. The van der Waals surface area contributed by atoms with E-state index in [0.29, 0.717) is 39.3 Å². The summed E-state index contributed by atoms with van der Waals surface area (Å²) in [5, 5.41) is 14.2. The standard InChI is InChI=1S/C21H22FN3O5/c1-10-17(8-15-14-6-12(22)4-5-16(14)25-20(15)28)24-11(2)19(10)21(29)23-9-13(30-3)7-18(26)27/h4-6,8,13,24H,7,9H2,1-3H3,(H,23,29)(H,25,28)(H,26,27)/b15-8-. The van der Waals surface area contributed by atoms with Gasteiger partial charge in [0.15, 0.2) is 0 Å². The third kappa shape index (κ3) is 4.25. The molecule has 0 saturated carbocycles. The molecule has 158 valence electrons. The van der Waals surface area contributed by atoms with Gasteiger partial charge in [0.1, 0.15) is 5.82 Å². The van der Waals surface area contributed by atoms with Crippen molar-refractivity contribution in [3.8, 4) is 0 Å². The fourth-order valence-corrected chi connectivity index (χ4v) is 3.44. The van der Waals surface area contributed by atoms with Crippen molar-refractivity contribution in [3.63, 3.8) is 0 Å². The summed E-state index contributed by atoms with van der Waals surface area (Å²) >= 11 is 0. The Labute approximate surface area is 172 Å². The first-order valence-electron chi connectivity index (χ1n) is 9.26. The molecular formula is C21H22FN3O5. The van der Waals surface area contributed by atoms with Crippen LogP contribution in [0, 0.1) is 19.7 Å². The number of aliphatic carboxylic acids is 1. The van der Waals surface area contributed by atoms with Gasteiger partial charge in [0.05, 0.1) is 23.7 Å². The molecule has 0 bridgehead atoms. The van der Waals surface area contributed by atoms with Crippen molar-refractivity contribution in [2.45, 2.75) is 26.4 Å². The summed E-state index contributed by atoms with van der Waals surface area (Å²) in [4.78, 5) is 38.9. The molecule has 0 spiro atoms. The Kier molecular flexibility index (Phi) is 6.02. The fraction of sp³-hybridized carbons (Fsp3) is 0.286. The summed E-state index contributed by atoms with van der Waals surface area (Å²) in [6.07, 6.45) is 0.702. The SMILES string of the molecule is COC(CNC(=O)c1c(C)[nH]c(/C=C2\C(=O)Nc3ccc(F)cc32)c1C)CC(=O)O. The van der Waals surface area contributed by atoms with Crippen molar-refractivity contribution in [1.82, 2.24) is 10.3 Å². The average molecular weight is 415 g/mol. The Hall–Kier alpha value is -3.46. The highest BCUT2D eigenvalue weighted by molar-refractivity contribution is 6.34. The lowest BCUT2D eigenvalue weighted by Gasteiger charge is -2.14. The lowest BCUT2D eigenvalue weighted by Crippen LogP contribution is -2.34. The van der Waals surface area contributed by atoms with E-state index in [2.05, 4.69) is 15.6 Å². The number of nitrogens with one attached hydrogen (secondary N) is 3. The molecule has 8 nitrogen and oxygen atoms in total. The summed E-state index contributed by atoms with van der Waals surface area (Å²) in [7, 11) is 1.38. The maximum atomic E-state index is 13.6. The Balaban J connectivity index is 1.85. The minimum Gasteiger partial charge on any atom is -0.481 e. The third-order valence-corrected chi connectivity index (χ3v) is 4.98. The molecule has 30 heavy (non-hydrogen) atoms. The highest BCUT2D eigenvalue weighted by Gasteiger charge is 2.26. The third-order valence-electron chi connectivity index (χ3n) is 4.98. The lowest BCUT2D eigenvalue weighted by molar-refractivity contribution is -0.139. The summed E-state index contributed by atoms with van der Waals surface area (Å²) in [6, 6.07) is 4.05. The number of carbonyl (C=O) groups is 3. The first-order valence-corrected chi connectivity index (χ1v) is 9.26. The van der Waals surface area contributed by atoms with E-state index in [9.17, 15) is 18.8 Å². The molecule has 2 aromatic rings. The number of methoxy groups -OCH3 is 1. The Morgan fingerprint density at radius 1 is 1.33 bits per heavy atom. The van der Waals surface area contributed by atoms with Gasteiger partial charge in [0, 0.05) is 36.3 Å². The number of rotatable bonds is 7. The molecule has 1 aromatic carbocycles. The number of hydrogen-bond donors (Lipinski definition) is 4. The summed E-state index contributed by atoms with van der Waals surface area (Å²) < 4.78 is 18.7. The van der Waals surface area contributed by atoms with Crippen LogP contribution >= 0.6 is 0 Å². The van der Waals surface area contributed by atoms with Gasteiger partial charge in [0.25, 0.3) is 11.8 Å². The van der Waals surface area contributed by atoms with Crippen LogP contribution in [-0.4, -0.2) is 47.6 Å². The number of aromatic nitrogens is 1. The van der Waals surface area contributed by atoms with Gasteiger partial charge < -0.3 is 25.5 Å². The lowest BCUT2D eigenvalue weighted by atomic mass is 10.0. The van der Waals surface area contributed by atoms with Crippen LogP contribution in [0.25, 0.3) is 11.6 Å². The molecule has 0 aliphatic carbocycles. The molecule has 1 aliphatic rings. The van der Waals surface area contributed by atoms with Gasteiger partial charge in [-0.05, 0) is 43.7 Å². The van der Waals surface area contributed by atoms with E-state index in [1.54, 1.807) is 19.9 Å². The number of amides is 2. The van der Waals surface area contributed by atoms with Crippen molar-refractivity contribution < 1.29 is 28.6 Å². The average Bonchev–Trinajstić information content (AvgIpc) is 3.14. The Morgan fingerprint density at radius 3 is 2.73 bits per heavy atom. The number of ether oxygens (including phenoxy) is 1. The van der Waals surface area contributed by atoms with Crippen molar-refractivity contribution in [3.05, 3.63) is 52.1 Å². The molecule has 9 heteroatoms. The molecule has 2 heterocycles. The quantitative estimate of drug-likeness (QED) is 0.518. The highest BCUT2D eigenvalue weighted by atomic mass is 19.1. The number of aromatic amines is 1. The monoisotopic (exact) mass is 415 g/mol. The second kappa shape index (κ2) is 8.50. The van der Waals surface area contributed by atoms with Crippen molar-refractivity contribution in [1.29, 1.82) is 0 Å². The van der Waals surface area contributed by atoms with Crippen LogP contribution in [0.15, 0.2) is 18.2 Å². The van der Waals surface area contributed by atoms with Gasteiger partial charge in [0.2, 0.25) is 0 Å².